The first-order chi connectivity index (χ1) is 15.1. The van der Waals surface area contributed by atoms with Crippen LogP contribution in [0, 0.1) is 5.92 Å². The van der Waals surface area contributed by atoms with Crippen molar-refractivity contribution < 1.29 is 66.5 Å². The van der Waals surface area contributed by atoms with E-state index in [2.05, 4.69) is 17.2 Å². The van der Waals surface area contributed by atoms with E-state index in [9.17, 15) is 28.0 Å². The Morgan fingerprint density at radius 1 is 1.21 bits per heavy atom. The monoisotopic (exact) mass is 492 g/mol. The number of ether oxygens (including phenoxy) is 1. The van der Waals surface area contributed by atoms with Crippen molar-refractivity contribution in [3.63, 3.8) is 0 Å². The Morgan fingerprint density at radius 2 is 1.91 bits per heavy atom. The average molecular weight is 493 g/mol. The molecule has 10 heteroatoms. The van der Waals surface area contributed by atoms with Crippen LogP contribution in [0.5, 0.6) is 0 Å². The van der Waals surface area contributed by atoms with Gasteiger partial charge in [0.25, 0.3) is 0 Å². The van der Waals surface area contributed by atoms with Crippen molar-refractivity contribution in [2.45, 2.75) is 70.4 Å². The van der Waals surface area contributed by atoms with E-state index in [1.807, 2.05) is 12.2 Å². The Labute approximate surface area is 219 Å². The Balaban J connectivity index is 0.0000102. The summed E-state index contributed by atoms with van der Waals surface area (Å²) in [5.74, 6) is -1.35. The molecular weight excluding hydrogens is 459 g/mol. The van der Waals surface area contributed by atoms with Crippen molar-refractivity contribution in [3.05, 3.63) is 60.8 Å². The SMILES string of the molecule is CCCCC/C=C/C=C/C=C/[C@H](O)[C@H](C)[C@H](C/C=C/[C@@H]1OC(=O)C=C[C@@H]1O)OS(=O)(=O)[O-].[Na+]. The zero-order valence-corrected chi connectivity index (χ0v) is 22.3. The zero-order chi connectivity index (χ0) is 24.0. The van der Waals surface area contributed by atoms with Crippen molar-refractivity contribution in [3.8, 4) is 0 Å². The third-order valence-corrected chi connectivity index (χ3v) is 5.31. The minimum absolute atomic E-state index is 0. The van der Waals surface area contributed by atoms with Crippen molar-refractivity contribution in [2.24, 2.45) is 5.92 Å². The molecule has 0 unspecified atom stereocenters. The molecule has 2 N–H and O–H groups in total. The fourth-order valence-electron chi connectivity index (χ4n) is 2.91. The summed E-state index contributed by atoms with van der Waals surface area (Å²) in [6.45, 7) is 3.70. The second kappa shape index (κ2) is 17.4. The van der Waals surface area contributed by atoms with E-state index in [0.29, 0.717) is 0 Å². The molecule has 33 heavy (non-hydrogen) atoms. The van der Waals surface area contributed by atoms with Crippen molar-refractivity contribution >= 4 is 16.4 Å². The van der Waals surface area contributed by atoms with Gasteiger partial charge in [0.1, 0.15) is 12.2 Å². The van der Waals surface area contributed by atoms with Crippen LogP contribution in [0.15, 0.2) is 60.8 Å². The first kappa shape index (κ1) is 32.0. The second-order valence-corrected chi connectivity index (χ2v) is 8.51. The number of esters is 1. The summed E-state index contributed by atoms with van der Waals surface area (Å²) < 4.78 is 42.9. The van der Waals surface area contributed by atoms with E-state index in [1.165, 1.54) is 37.1 Å². The molecular formula is C23H33NaO8S. The summed E-state index contributed by atoms with van der Waals surface area (Å²) in [5.41, 5.74) is 0. The van der Waals surface area contributed by atoms with Gasteiger partial charge in [0, 0.05) is 12.0 Å². The van der Waals surface area contributed by atoms with Gasteiger partial charge in [0.05, 0.1) is 12.2 Å². The predicted octanol–water partition coefficient (Wildman–Crippen LogP) is -0.129. The molecule has 0 aromatic carbocycles. The number of unbranched alkanes of at least 4 members (excludes halogenated alkanes) is 3. The van der Waals surface area contributed by atoms with E-state index in [4.69, 9.17) is 4.74 Å². The molecule has 1 heterocycles. The van der Waals surface area contributed by atoms with Gasteiger partial charge in [-0.15, -0.1) is 0 Å². The van der Waals surface area contributed by atoms with Crippen LogP contribution >= 0.6 is 0 Å². The van der Waals surface area contributed by atoms with Crippen LogP contribution in [-0.4, -0.2) is 53.6 Å². The Bertz CT molecular complexity index is 816. The van der Waals surface area contributed by atoms with E-state index in [0.717, 1.165) is 18.9 Å². The molecule has 0 aliphatic carbocycles. The molecule has 0 fully saturated rings. The van der Waals surface area contributed by atoms with Crippen LogP contribution in [0.1, 0.15) is 46.0 Å². The zero-order valence-electron chi connectivity index (χ0n) is 19.4. The molecule has 8 nitrogen and oxygen atoms in total. The van der Waals surface area contributed by atoms with Gasteiger partial charge in [-0.3, -0.25) is 4.18 Å². The molecule has 0 radical (unpaired) electrons. The van der Waals surface area contributed by atoms with Gasteiger partial charge in [-0.2, -0.15) is 0 Å². The Hall–Kier alpha value is -1.04. The van der Waals surface area contributed by atoms with E-state index in [-0.39, 0.29) is 36.0 Å². The van der Waals surface area contributed by atoms with Crippen LogP contribution in [-0.2, 0) is 24.1 Å². The fourth-order valence-corrected chi connectivity index (χ4v) is 3.47. The summed E-state index contributed by atoms with van der Waals surface area (Å²) in [7, 11) is -5.01. The number of rotatable bonds is 14. The molecule has 1 aliphatic heterocycles. The minimum atomic E-state index is -5.01. The van der Waals surface area contributed by atoms with Crippen LogP contribution in [0.2, 0.25) is 0 Å². The van der Waals surface area contributed by atoms with E-state index >= 15 is 0 Å². The van der Waals surface area contributed by atoms with E-state index < -0.39 is 46.7 Å². The quantitative estimate of drug-likeness (QED) is 0.0652. The largest absolute Gasteiger partial charge is 1.00 e. The normalized spacial score (nSPS) is 22.2. The number of hydrogen-bond acceptors (Lipinski definition) is 8. The van der Waals surface area contributed by atoms with Crippen molar-refractivity contribution in [1.82, 2.24) is 0 Å². The van der Waals surface area contributed by atoms with Gasteiger partial charge < -0.3 is 19.5 Å². The molecule has 0 spiro atoms. The first-order valence-electron chi connectivity index (χ1n) is 10.7. The molecule has 0 aromatic rings. The van der Waals surface area contributed by atoms with E-state index in [1.54, 1.807) is 19.1 Å². The molecule has 0 aromatic heterocycles. The molecule has 0 amide bonds. The maximum atomic E-state index is 11.3. The molecule has 5 atom stereocenters. The number of cyclic esters (lactones) is 1. The topological polar surface area (TPSA) is 133 Å². The smallest absolute Gasteiger partial charge is 0.726 e. The van der Waals surface area contributed by atoms with Crippen molar-refractivity contribution in [1.29, 1.82) is 0 Å². The maximum Gasteiger partial charge on any atom is 1.00 e. The number of hydrogen-bond donors (Lipinski definition) is 2. The van der Waals surface area contributed by atoms with Crippen LogP contribution in [0.3, 0.4) is 0 Å². The van der Waals surface area contributed by atoms with Crippen LogP contribution in [0.4, 0.5) is 0 Å². The number of carbonyl (C=O) groups is 1. The molecule has 1 aliphatic rings. The van der Waals surface area contributed by atoms with Crippen LogP contribution in [0.25, 0.3) is 0 Å². The molecule has 0 saturated carbocycles. The molecule has 180 valence electrons. The third-order valence-electron chi connectivity index (χ3n) is 4.83. The molecule has 0 bridgehead atoms. The number of aliphatic hydroxyl groups excluding tert-OH is 2. The summed E-state index contributed by atoms with van der Waals surface area (Å²) >= 11 is 0. The summed E-state index contributed by atoms with van der Waals surface area (Å²) in [4.78, 5) is 11.3. The summed E-state index contributed by atoms with van der Waals surface area (Å²) in [6, 6.07) is 0. The number of aliphatic hydroxyl groups is 2. The average Bonchev–Trinajstić information content (AvgIpc) is 2.72. The summed E-state index contributed by atoms with van der Waals surface area (Å²) in [6.07, 6.45) is 16.1. The van der Waals surface area contributed by atoms with Gasteiger partial charge in [0.2, 0.25) is 10.4 Å². The van der Waals surface area contributed by atoms with Gasteiger partial charge in [0.15, 0.2) is 0 Å². The maximum absolute atomic E-state index is 11.3. The first-order valence-corrected chi connectivity index (χ1v) is 12.0. The second-order valence-electron chi connectivity index (χ2n) is 7.50. The van der Waals surface area contributed by atoms with Gasteiger partial charge in [-0.1, -0.05) is 69.2 Å². The predicted molar refractivity (Wildman–Crippen MR) is 120 cm³/mol. The molecule has 1 rings (SSSR count). The van der Waals surface area contributed by atoms with Gasteiger partial charge in [-0.05, 0) is 31.4 Å². The van der Waals surface area contributed by atoms with Crippen molar-refractivity contribution in [2.75, 3.05) is 0 Å². The Kier molecular flexibility index (Phi) is 16.9. The third kappa shape index (κ3) is 14.7. The van der Waals surface area contributed by atoms with Gasteiger partial charge in [-0.25, -0.2) is 13.2 Å². The minimum Gasteiger partial charge on any atom is -0.726 e. The molecule has 0 saturated heterocycles. The standard InChI is InChI=1S/C23H34O8S.Na/c1-3-4-5-6-7-8-9-10-11-13-19(24)18(2)21(31-32(27,28)29)14-12-15-22-20(25)16-17-23(26)30-22;/h7-13,15-22,24-25H,3-6,14H2,1-2H3,(H,27,28,29);/q;+1/p-1/b8-7+,10-9+,13-11+,15-12+;/t18-,19-,20-,21-,22-;/m0./s1. The number of carbonyl (C=O) groups excluding carboxylic acids is 1. The van der Waals surface area contributed by atoms with Crippen LogP contribution < -0.4 is 29.6 Å². The fraction of sp³-hybridized carbons (Fsp3) is 0.522. The Morgan fingerprint density at radius 3 is 2.58 bits per heavy atom. The van der Waals surface area contributed by atoms with Gasteiger partial charge >= 0.3 is 35.5 Å². The summed E-state index contributed by atoms with van der Waals surface area (Å²) in [5, 5.41) is 20.1. The number of allylic oxidation sites excluding steroid dienone is 5.